The summed E-state index contributed by atoms with van der Waals surface area (Å²) in [5.41, 5.74) is 3.91. The maximum atomic E-state index is 13.6. The number of rotatable bonds is 7. The van der Waals surface area contributed by atoms with Crippen molar-refractivity contribution in [3.8, 4) is 23.0 Å². The summed E-state index contributed by atoms with van der Waals surface area (Å²) in [6.07, 6.45) is 1.35. The van der Waals surface area contributed by atoms with Crippen LogP contribution in [0, 0.1) is 0 Å². The number of carbonyl (C=O) groups excluding carboxylic acids is 1. The van der Waals surface area contributed by atoms with Crippen molar-refractivity contribution >= 4 is 21.8 Å². The van der Waals surface area contributed by atoms with Gasteiger partial charge in [-0.1, -0.05) is 22.0 Å². The standard InChI is InChI=1S/C27H28BrNO5/c1-31-23-10-5-17(14-24(23)32-2)13-22-21-16-26(34-4)25(33-3)15-19(21)11-12-29(22)27(30)18-6-8-20(28)9-7-18/h5-10,14-16,22H,11-13H2,1-4H3/t22-/m1/s1. The van der Waals surface area contributed by atoms with E-state index in [4.69, 9.17) is 18.9 Å². The third-order valence-electron chi connectivity index (χ3n) is 6.23. The van der Waals surface area contributed by atoms with E-state index in [1.165, 1.54) is 0 Å². The molecule has 0 bridgehead atoms. The zero-order valence-corrected chi connectivity index (χ0v) is 21.3. The summed E-state index contributed by atoms with van der Waals surface area (Å²) in [7, 11) is 6.50. The van der Waals surface area contributed by atoms with Crippen LogP contribution in [0.1, 0.15) is 33.1 Å². The van der Waals surface area contributed by atoms with Crippen LogP contribution in [0.4, 0.5) is 0 Å². The van der Waals surface area contributed by atoms with Gasteiger partial charge >= 0.3 is 0 Å². The molecule has 1 aliphatic rings. The van der Waals surface area contributed by atoms with Crippen molar-refractivity contribution in [1.29, 1.82) is 0 Å². The van der Waals surface area contributed by atoms with Crippen molar-refractivity contribution in [3.63, 3.8) is 0 Å². The maximum Gasteiger partial charge on any atom is 0.254 e. The van der Waals surface area contributed by atoms with Crippen LogP contribution in [0.25, 0.3) is 0 Å². The summed E-state index contributed by atoms with van der Waals surface area (Å²) in [4.78, 5) is 15.6. The molecule has 0 saturated heterocycles. The Hall–Kier alpha value is -3.19. The van der Waals surface area contributed by atoms with Gasteiger partial charge < -0.3 is 23.8 Å². The van der Waals surface area contributed by atoms with Gasteiger partial charge in [0.15, 0.2) is 23.0 Å². The zero-order chi connectivity index (χ0) is 24.2. The zero-order valence-electron chi connectivity index (χ0n) is 19.8. The van der Waals surface area contributed by atoms with Gasteiger partial charge in [-0.2, -0.15) is 0 Å². The van der Waals surface area contributed by atoms with E-state index in [1.807, 2.05) is 59.5 Å². The first kappa shape index (κ1) is 24.0. The SMILES string of the molecule is COc1ccc(C[C@@H]2c3cc(OC)c(OC)cc3CCN2C(=O)c2ccc(Br)cc2)cc1OC. The summed E-state index contributed by atoms with van der Waals surface area (Å²) in [5.74, 6) is 2.67. The molecule has 1 aliphatic heterocycles. The molecule has 178 valence electrons. The number of amides is 1. The van der Waals surface area contributed by atoms with Crippen molar-refractivity contribution in [1.82, 2.24) is 4.90 Å². The van der Waals surface area contributed by atoms with E-state index in [0.29, 0.717) is 41.5 Å². The van der Waals surface area contributed by atoms with Crippen LogP contribution in [0.3, 0.4) is 0 Å². The summed E-state index contributed by atoms with van der Waals surface area (Å²) >= 11 is 3.45. The lowest BCUT2D eigenvalue weighted by Gasteiger charge is -2.38. The molecule has 4 rings (SSSR count). The Morgan fingerprint density at radius 1 is 0.853 bits per heavy atom. The molecule has 0 fully saturated rings. The molecule has 1 heterocycles. The van der Waals surface area contributed by atoms with E-state index < -0.39 is 0 Å². The number of carbonyl (C=O) groups is 1. The number of hydrogen-bond donors (Lipinski definition) is 0. The Labute approximate surface area is 208 Å². The molecule has 0 saturated carbocycles. The highest BCUT2D eigenvalue weighted by atomic mass is 79.9. The Balaban J connectivity index is 1.78. The molecule has 0 radical (unpaired) electrons. The van der Waals surface area contributed by atoms with Crippen molar-refractivity contribution in [3.05, 3.63) is 81.3 Å². The fourth-order valence-corrected chi connectivity index (χ4v) is 4.74. The van der Waals surface area contributed by atoms with Gasteiger partial charge in [0.25, 0.3) is 5.91 Å². The molecule has 3 aromatic carbocycles. The van der Waals surface area contributed by atoms with Crippen molar-refractivity contribution in [2.24, 2.45) is 0 Å². The second-order valence-corrected chi connectivity index (χ2v) is 8.99. The van der Waals surface area contributed by atoms with Crippen molar-refractivity contribution in [2.75, 3.05) is 35.0 Å². The van der Waals surface area contributed by atoms with Crippen LogP contribution < -0.4 is 18.9 Å². The fourth-order valence-electron chi connectivity index (χ4n) is 4.48. The monoisotopic (exact) mass is 525 g/mol. The Kier molecular flexibility index (Phi) is 7.32. The lowest BCUT2D eigenvalue weighted by atomic mass is 9.87. The van der Waals surface area contributed by atoms with E-state index in [2.05, 4.69) is 15.9 Å². The lowest BCUT2D eigenvalue weighted by Crippen LogP contribution is -2.41. The molecule has 0 spiro atoms. The van der Waals surface area contributed by atoms with Gasteiger partial charge in [-0.25, -0.2) is 0 Å². The molecular formula is C27H28BrNO5. The second-order valence-electron chi connectivity index (χ2n) is 8.07. The predicted molar refractivity (Wildman–Crippen MR) is 134 cm³/mol. The van der Waals surface area contributed by atoms with Gasteiger partial charge in [-0.3, -0.25) is 4.79 Å². The first-order valence-corrected chi connectivity index (χ1v) is 11.8. The number of halogens is 1. The maximum absolute atomic E-state index is 13.6. The topological polar surface area (TPSA) is 57.2 Å². The molecular weight excluding hydrogens is 498 g/mol. The first-order chi connectivity index (χ1) is 16.5. The van der Waals surface area contributed by atoms with E-state index in [9.17, 15) is 4.79 Å². The number of benzene rings is 3. The van der Waals surface area contributed by atoms with Crippen molar-refractivity contribution in [2.45, 2.75) is 18.9 Å². The highest BCUT2D eigenvalue weighted by Gasteiger charge is 2.33. The van der Waals surface area contributed by atoms with Gasteiger partial charge in [0.1, 0.15) is 0 Å². The highest BCUT2D eigenvalue weighted by molar-refractivity contribution is 9.10. The van der Waals surface area contributed by atoms with Gasteiger partial charge in [0, 0.05) is 16.6 Å². The van der Waals surface area contributed by atoms with Crippen LogP contribution in [0.5, 0.6) is 23.0 Å². The van der Waals surface area contributed by atoms with E-state index in [0.717, 1.165) is 27.6 Å². The molecule has 6 nitrogen and oxygen atoms in total. The second kappa shape index (κ2) is 10.4. The van der Waals surface area contributed by atoms with E-state index in [-0.39, 0.29) is 11.9 Å². The van der Waals surface area contributed by atoms with Gasteiger partial charge in [-0.15, -0.1) is 0 Å². The molecule has 0 unspecified atom stereocenters. The minimum Gasteiger partial charge on any atom is -0.493 e. The number of hydrogen-bond acceptors (Lipinski definition) is 5. The normalized spacial score (nSPS) is 14.9. The summed E-state index contributed by atoms with van der Waals surface area (Å²) in [6, 6.07) is 17.2. The van der Waals surface area contributed by atoms with Crippen molar-refractivity contribution < 1.29 is 23.7 Å². The predicted octanol–water partition coefficient (Wildman–Crippen LogP) is 5.47. The first-order valence-electron chi connectivity index (χ1n) is 11.0. The molecule has 1 amide bonds. The van der Waals surface area contributed by atoms with Gasteiger partial charge in [0.2, 0.25) is 0 Å². The molecule has 7 heteroatoms. The number of methoxy groups -OCH3 is 4. The largest absolute Gasteiger partial charge is 0.493 e. The quantitative estimate of drug-likeness (QED) is 0.409. The van der Waals surface area contributed by atoms with Crippen LogP contribution in [0.15, 0.2) is 59.1 Å². The molecule has 0 N–H and O–H groups in total. The van der Waals surface area contributed by atoms with Crippen LogP contribution in [0.2, 0.25) is 0 Å². The van der Waals surface area contributed by atoms with E-state index in [1.54, 1.807) is 28.4 Å². The average Bonchev–Trinajstić information content (AvgIpc) is 2.87. The number of ether oxygens (including phenoxy) is 4. The average molecular weight is 526 g/mol. The summed E-state index contributed by atoms with van der Waals surface area (Å²) in [5, 5.41) is 0. The highest BCUT2D eigenvalue weighted by Crippen LogP contribution is 2.41. The Morgan fingerprint density at radius 2 is 1.47 bits per heavy atom. The lowest BCUT2D eigenvalue weighted by molar-refractivity contribution is 0.0659. The summed E-state index contributed by atoms with van der Waals surface area (Å²) < 4.78 is 23.0. The number of nitrogens with zero attached hydrogens (tertiary/aromatic N) is 1. The van der Waals surface area contributed by atoms with Crippen LogP contribution >= 0.6 is 15.9 Å². The van der Waals surface area contributed by atoms with Gasteiger partial charge in [0.05, 0.1) is 34.5 Å². The van der Waals surface area contributed by atoms with E-state index >= 15 is 0 Å². The van der Waals surface area contributed by atoms with Crippen LogP contribution in [-0.2, 0) is 12.8 Å². The Morgan fingerprint density at radius 3 is 2.12 bits per heavy atom. The molecule has 1 atom stereocenters. The minimum atomic E-state index is -0.183. The van der Waals surface area contributed by atoms with Crippen LogP contribution in [-0.4, -0.2) is 45.8 Å². The third-order valence-corrected chi connectivity index (χ3v) is 6.76. The number of fused-ring (bicyclic) bond motifs is 1. The fraction of sp³-hybridized carbons (Fsp3) is 0.296. The Bertz CT molecular complexity index is 1180. The summed E-state index contributed by atoms with van der Waals surface area (Å²) in [6.45, 7) is 0.606. The van der Waals surface area contributed by atoms with Gasteiger partial charge in [-0.05, 0) is 78.1 Å². The smallest absolute Gasteiger partial charge is 0.254 e. The molecule has 0 aliphatic carbocycles. The minimum absolute atomic E-state index is 0.00147. The molecule has 3 aromatic rings. The third kappa shape index (κ3) is 4.71. The molecule has 0 aromatic heterocycles. The molecule has 34 heavy (non-hydrogen) atoms.